The summed E-state index contributed by atoms with van der Waals surface area (Å²) in [6.07, 6.45) is 0. The summed E-state index contributed by atoms with van der Waals surface area (Å²) in [4.78, 5) is 24.2. The van der Waals surface area contributed by atoms with Crippen LogP contribution < -0.4 is 16.2 Å². The van der Waals surface area contributed by atoms with Gasteiger partial charge in [0, 0.05) is 31.5 Å². The second-order valence-corrected chi connectivity index (χ2v) is 6.34. The molecule has 7 nitrogen and oxygen atoms in total. The number of hydrogen-bond donors (Lipinski definition) is 2. The summed E-state index contributed by atoms with van der Waals surface area (Å²) in [5.74, 6) is 0.0100. The molecule has 140 valence electrons. The molecule has 7 heteroatoms. The largest absolute Gasteiger partial charge is 0.383 e. The van der Waals surface area contributed by atoms with Gasteiger partial charge in [0.05, 0.1) is 13.2 Å². The molecule has 0 aliphatic rings. The van der Waals surface area contributed by atoms with E-state index in [1.54, 1.807) is 7.11 Å². The number of amides is 1. The van der Waals surface area contributed by atoms with Crippen molar-refractivity contribution in [2.75, 3.05) is 25.6 Å². The van der Waals surface area contributed by atoms with Crippen LogP contribution in [0.2, 0.25) is 0 Å². The van der Waals surface area contributed by atoms with Gasteiger partial charge < -0.3 is 15.4 Å². The maximum Gasteiger partial charge on any atom is 0.271 e. The monoisotopic (exact) mass is 358 g/mol. The number of nitrogens with one attached hydrogen (secondary N) is 2. The molecule has 0 aliphatic carbocycles. The Labute approximate surface area is 153 Å². The minimum Gasteiger partial charge on any atom is -0.383 e. The van der Waals surface area contributed by atoms with Gasteiger partial charge in [0.1, 0.15) is 5.69 Å². The van der Waals surface area contributed by atoms with E-state index in [1.165, 1.54) is 16.8 Å². The van der Waals surface area contributed by atoms with Crippen LogP contribution in [0.3, 0.4) is 0 Å². The van der Waals surface area contributed by atoms with Gasteiger partial charge in [-0.05, 0) is 24.1 Å². The van der Waals surface area contributed by atoms with Gasteiger partial charge in [0.25, 0.3) is 11.5 Å². The molecule has 1 atom stereocenters. The summed E-state index contributed by atoms with van der Waals surface area (Å²) >= 11 is 0. The minimum atomic E-state index is -0.309. The van der Waals surface area contributed by atoms with Crippen LogP contribution in [0.15, 0.2) is 47.3 Å². The number of anilines is 1. The Hall–Kier alpha value is -2.67. The van der Waals surface area contributed by atoms with Crippen LogP contribution in [0, 0.1) is 5.92 Å². The Balaban J connectivity index is 2.00. The van der Waals surface area contributed by atoms with Gasteiger partial charge in [0.2, 0.25) is 0 Å². The van der Waals surface area contributed by atoms with Crippen molar-refractivity contribution in [3.05, 3.63) is 58.5 Å². The third-order valence-electron chi connectivity index (χ3n) is 4.02. The van der Waals surface area contributed by atoms with Crippen molar-refractivity contribution in [1.29, 1.82) is 0 Å². The number of benzene rings is 1. The third-order valence-corrected chi connectivity index (χ3v) is 4.02. The summed E-state index contributed by atoms with van der Waals surface area (Å²) in [6, 6.07) is 12.7. The molecular formula is C19H26N4O3. The van der Waals surface area contributed by atoms with Crippen molar-refractivity contribution in [2.45, 2.75) is 26.4 Å². The first kappa shape index (κ1) is 19.7. The average Bonchev–Trinajstić information content (AvgIpc) is 2.64. The first-order chi connectivity index (χ1) is 12.5. The molecule has 0 radical (unpaired) electrons. The SMILES string of the molecule is COCCn1nc(C(=O)NCC(Nc2ccccc2)C(C)C)ccc1=O. The number of methoxy groups -OCH3 is 1. The molecule has 1 unspecified atom stereocenters. The fourth-order valence-corrected chi connectivity index (χ4v) is 2.40. The molecule has 1 aromatic carbocycles. The standard InChI is InChI=1S/C19H26N4O3/c1-14(2)17(21-15-7-5-4-6-8-15)13-20-19(25)16-9-10-18(24)23(22-16)11-12-26-3/h4-10,14,17,21H,11-13H2,1-3H3,(H,20,25). The summed E-state index contributed by atoms with van der Waals surface area (Å²) < 4.78 is 6.19. The van der Waals surface area contributed by atoms with Gasteiger partial charge >= 0.3 is 0 Å². The smallest absolute Gasteiger partial charge is 0.271 e. The van der Waals surface area contributed by atoms with Gasteiger partial charge in [-0.2, -0.15) is 5.10 Å². The lowest BCUT2D eigenvalue weighted by Crippen LogP contribution is -2.40. The number of aromatic nitrogens is 2. The van der Waals surface area contributed by atoms with Gasteiger partial charge in [0.15, 0.2) is 0 Å². The lowest BCUT2D eigenvalue weighted by Gasteiger charge is -2.24. The van der Waals surface area contributed by atoms with Crippen molar-refractivity contribution >= 4 is 11.6 Å². The molecule has 1 heterocycles. The van der Waals surface area contributed by atoms with E-state index in [9.17, 15) is 9.59 Å². The quantitative estimate of drug-likeness (QED) is 0.713. The third kappa shape index (κ3) is 5.70. The van der Waals surface area contributed by atoms with Crippen LogP contribution >= 0.6 is 0 Å². The van der Waals surface area contributed by atoms with Crippen LogP contribution in [0.4, 0.5) is 5.69 Å². The molecule has 2 aromatic rings. The number of nitrogens with zero attached hydrogens (tertiary/aromatic N) is 2. The predicted molar refractivity (Wildman–Crippen MR) is 101 cm³/mol. The number of carbonyl (C=O) groups excluding carboxylic acids is 1. The number of carbonyl (C=O) groups is 1. The van der Waals surface area contributed by atoms with E-state index < -0.39 is 0 Å². The zero-order valence-electron chi connectivity index (χ0n) is 15.4. The van der Waals surface area contributed by atoms with Gasteiger partial charge in [-0.15, -0.1) is 0 Å². The maximum absolute atomic E-state index is 12.4. The van der Waals surface area contributed by atoms with Crippen molar-refractivity contribution in [2.24, 2.45) is 5.92 Å². The molecule has 2 N–H and O–H groups in total. The van der Waals surface area contributed by atoms with E-state index >= 15 is 0 Å². The molecule has 0 spiro atoms. The van der Waals surface area contributed by atoms with Crippen LogP contribution in [0.1, 0.15) is 24.3 Å². The molecule has 0 saturated heterocycles. The molecule has 1 aromatic heterocycles. The van der Waals surface area contributed by atoms with Gasteiger partial charge in [-0.3, -0.25) is 9.59 Å². The molecule has 0 saturated carbocycles. The van der Waals surface area contributed by atoms with E-state index in [0.29, 0.717) is 25.6 Å². The van der Waals surface area contributed by atoms with Crippen molar-refractivity contribution in [3.63, 3.8) is 0 Å². The number of hydrogen-bond acceptors (Lipinski definition) is 5. The van der Waals surface area contributed by atoms with Crippen LogP contribution in [0.25, 0.3) is 0 Å². The summed E-state index contributed by atoms with van der Waals surface area (Å²) in [6.45, 7) is 5.30. The fraction of sp³-hybridized carbons (Fsp3) is 0.421. The zero-order valence-corrected chi connectivity index (χ0v) is 15.4. The van der Waals surface area contributed by atoms with E-state index in [-0.39, 0.29) is 23.2 Å². The summed E-state index contributed by atoms with van der Waals surface area (Å²) in [5, 5.41) is 10.4. The Bertz CT molecular complexity index is 759. The number of rotatable bonds is 9. The van der Waals surface area contributed by atoms with Crippen LogP contribution in [-0.4, -0.2) is 42.0 Å². The molecule has 1 amide bonds. The minimum absolute atomic E-state index is 0.0701. The topological polar surface area (TPSA) is 85.2 Å². The van der Waals surface area contributed by atoms with Crippen molar-refractivity contribution in [3.8, 4) is 0 Å². The normalized spacial score (nSPS) is 12.0. The summed E-state index contributed by atoms with van der Waals surface area (Å²) in [5.41, 5.74) is 0.957. The highest BCUT2D eigenvalue weighted by atomic mass is 16.5. The van der Waals surface area contributed by atoms with Crippen molar-refractivity contribution in [1.82, 2.24) is 15.1 Å². The van der Waals surface area contributed by atoms with E-state index in [1.807, 2.05) is 30.3 Å². The van der Waals surface area contributed by atoms with E-state index in [4.69, 9.17) is 4.74 Å². The average molecular weight is 358 g/mol. The van der Waals surface area contributed by atoms with Crippen LogP contribution in [-0.2, 0) is 11.3 Å². The Morgan fingerprint density at radius 1 is 1.19 bits per heavy atom. The molecule has 0 fully saturated rings. The Morgan fingerprint density at radius 2 is 1.92 bits per heavy atom. The molecule has 0 aliphatic heterocycles. The number of para-hydroxylation sites is 1. The van der Waals surface area contributed by atoms with E-state index in [0.717, 1.165) is 5.69 Å². The second kappa shape index (κ2) is 9.72. The van der Waals surface area contributed by atoms with Gasteiger partial charge in [-0.25, -0.2) is 4.68 Å². The maximum atomic E-state index is 12.4. The Morgan fingerprint density at radius 3 is 2.58 bits per heavy atom. The fourth-order valence-electron chi connectivity index (χ4n) is 2.40. The second-order valence-electron chi connectivity index (χ2n) is 6.34. The lowest BCUT2D eigenvalue weighted by atomic mass is 10.0. The molecule has 0 bridgehead atoms. The summed E-state index contributed by atoms with van der Waals surface area (Å²) in [7, 11) is 1.55. The Kier molecular flexibility index (Phi) is 7.35. The van der Waals surface area contributed by atoms with Gasteiger partial charge in [-0.1, -0.05) is 32.0 Å². The predicted octanol–water partition coefficient (Wildman–Crippen LogP) is 1.76. The number of ether oxygens (including phenoxy) is 1. The lowest BCUT2D eigenvalue weighted by molar-refractivity contribution is 0.0941. The first-order valence-corrected chi connectivity index (χ1v) is 8.68. The highest BCUT2D eigenvalue weighted by molar-refractivity contribution is 5.92. The molecular weight excluding hydrogens is 332 g/mol. The highest BCUT2D eigenvalue weighted by Gasteiger charge is 2.16. The highest BCUT2D eigenvalue weighted by Crippen LogP contribution is 2.11. The molecule has 2 rings (SSSR count). The first-order valence-electron chi connectivity index (χ1n) is 8.68. The van der Waals surface area contributed by atoms with Crippen molar-refractivity contribution < 1.29 is 9.53 Å². The van der Waals surface area contributed by atoms with E-state index in [2.05, 4.69) is 29.6 Å². The zero-order chi connectivity index (χ0) is 18.9. The van der Waals surface area contributed by atoms with Crippen LogP contribution in [0.5, 0.6) is 0 Å². The molecule has 26 heavy (non-hydrogen) atoms.